The van der Waals surface area contributed by atoms with Crippen molar-refractivity contribution >= 4 is 27.5 Å². The SMILES string of the molecule is CCC(=O)N1CCc2cc(S(=O)(=O)N[C@H](C(=O)NCc3ccc(OC)cc3)C(C)C)ccc21. The predicted octanol–water partition coefficient (Wildman–Crippen LogP) is 2.61. The highest BCUT2D eigenvalue weighted by molar-refractivity contribution is 7.89. The van der Waals surface area contributed by atoms with Gasteiger partial charge < -0.3 is 15.0 Å². The van der Waals surface area contributed by atoms with E-state index in [-0.39, 0.29) is 23.3 Å². The second-order valence-corrected chi connectivity index (χ2v) is 10.1. The fourth-order valence-corrected chi connectivity index (χ4v) is 5.16. The molecular weight excluding hydrogens is 442 g/mol. The van der Waals surface area contributed by atoms with Crippen molar-refractivity contribution in [3.05, 3.63) is 53.6 Å². The van der Waals surface area contributed by atoms with Gasteiger partial charge in [-0.3, -0.25) is 9.59 Å². The molecule has 0 aromatic heterocycles. The van der Waals surface area contributed by atoms with Crippen LogP contribution in [0.15, 0.2) is 47.4 Å². The molecule has 2 aromatic rings. The summed E-state index contributed by atoms with van der Waals surface area (Å²) in [6.45, 7) is 6.19. The molecule has 2 N–H and O–H groups in total. The van der Waals surface area contributed by atoms with E-state index in [4.69, 9.17) is 4.74 Å². The molecule has 9 heteroatoms. The lowest BCUT2D eigenvalue weighted by molar-refractivity contribution is -0.123. The molecule has 1 aliphatic heterocycles. The molecule has 2 amide bonds. The van der Waals surface area contributed by atoms with Crippen molar-refractivity contribution in [3.63, 3.8) is 0 Å². The van der Waals surface area contributed by atoms with Gasteiger partial charge in [-0.1, -0.05) is 32.9 Å². The zero-order valence-corrected chi connectivity index (χ0v) is 20.2. The summed E-state index contributed by atoms with van der Waals surface area (Å²) in [5.41, 5.74) is 2.43. The summed E-state index contributed by atoms with van der Waals surface area (Å²) in [6.07, 6.45) is 0.989. The van der Waals surface area contributed by atoms with Crippen LogP contribution in [0.2, 0.25) is 0 Å². The van der Waals surface area contributed by atoms with Gasteiger partial charge in [0.15, 0.2) is 0 Å². The minimum atomic E-state index is -3.94. The summed E-state index contributed by atoms with van der Waals surface area (Å²) >= 11 is 0. The van der Waals surface area contributed by atoms with Gasteiger partial charge in [-0.2, -0.15) is 4.72 Å². The van der Waals surface area contributed by atoms with E-state index in [0.29, 0.717) is 19.4 Å². The molecule has 0 saturated carbocycles. The Morgan fingerprint density at radius 1 is 1.12 bits per heavy atom. The Labute approximate surface area is 195 Å². The number of amides is 2. The van der Waals surface area contributed by atoms with Crippen molar-refractivity contribution in [1.29, 1.82) is 0 Å². The maximum atomic E-state index is 13.1. The summed E-state index contributed by atoms with van der Waals surface area (Å²) in [6, 6.07) is 11.1. The largest absolute Gasteiger partial charge is 0.497 e. The number of fused-ring (bicyclic) bond motifs is 1. The van der Waals surface area contributed by atoms with Crippen LogP contribution in [0.25, 0.3) is 0 Å². The maximum absolute atomic E-state index is 13.1. The Morgan fingerprint density at radius 2 is 1.82 bits per heavy atom. The summed E-state index contributed by atoms with van der Waals surface area (Å²) in [5.74, 6) is 0.0679. The molecule has 178 valence electrons. The number of methoxy groups -OCH3 is 1. The third kappa shape index (κ3) is 5.72. The molecule has 3 rings (SSSR count). The number of anilines is 1. The number of ether oxygens (including phenoxy) is 1. The molecule has 33 heavy (non-hydrogen) atoms. The summed E-state index contributed by atoms with van der Waals surface area (Å²) < 4.78 is 33.9. The van der Waals surface area contributed by atoms with Crippen LogP contribution in [0.4, 0.5) is 5.69 Å². The number of hydrogen-bond donors (Lipinski definition) is 2. The van der Waals surface area contributed by atoms with Crippen LogP contribution in [-0.4, -0.2) is 39.9 Å². The van der Waals surface area contributed by atoms with E-state index >= 15 is 0 Å². The molecular formula is C24H31N3O5S. The van der Waals surface area contributed by atoms with Gasteiger partial charge in [0.25, 0.3) is 0 Å². The molecule has 2 aromatic carbocycles. The van der Waals surface area contributed by atoms with Crippen molar-refractivity contribution < 1.29 is 22.7 Å². The normalized spacial score (nSPS) is 14.2. The molecule has 0 bridgehead atoms. The van der Waals surface area contributed by atoms with Crippen LogP contribution in [0.3, 0.4) is 0 Å². The van der Waals surface area contributed by atoms with Gasteiger partial charge in [0.1, 0.15) is 11.8 Å². The number of benzene rings is 2. The molecule has 1 heterocycles. The highest BCUT2D eigenvalue weighted by atomic mass is 32.2. The highest BCUT2D eigenvalue weighted by Gasteiger charge is 2.30. The first-order valence-electron chi connectivity index (χ1n) is 11.0. The maximum Gasteiger partial charge on any atom is 0.241 e. The minimum Gasteiger partial charge on any atom is -0.497 e. The number of carbonyl (C=O) groups excluding carboxylic acids is 2. The van der Waals surface area contributed by atoms with Crippen LogP contribution in [0.5, 0.6) is 5.75 Å². The third-order valence-corrected chi connectivity index (χ3v) is 7.16. The molecule has 1 atom stereocenters. The molecule has 0 unspecified atom stereocenters. The second kappa shape index (κ2) is 10.4. The van der Waals surface area contributed by atoms with Crippen LogP contribution in [0, 0.1) is 5.92 Å². The van der Waals surface area contributed by atoms with E-state index in [1.54, 1.807) is 57.0 Å². The van der Waals surface area contributed by atoms with Gasteiger partial charge >= 0.3 is 0 Å². The topological polar surface area (TPSA) is 105 Å². The molecule has 8 nitrogen and oxygen atoms in total. The highest BCUT2D eigenvalue weighted by Crippen LogP contribution is 2.30. The third-order valence-electron chi connectivity index (χ3n) is 5.72. The molecule has 0 fully saturated rings. The lowest BCUT2D eigenvalue weighted by Crippen LogP contribution is -2.49. The second-order valence-electron chi connectivity index (χ2n) is 8.35. The average molecular weight is 474 g/mol. The van der Waals surface area contributed by atoms with Crippen LogP contribution < -0.4 is 19.7 Å². The molecule has 1 aliphatic rings. The van der Waals surface area contributed by atoms with E-state index in [9.17, 15) is 18.0 Å². The standard InChI is InChI=1S/C24H31N3O5S/c1-5-22(28)27-13-12-18-14-20(10-11-21(18)27)33(30,31)26-23(16(2)3)24(29)25-15-17-6-8-19(32-4)9-7-17/h6-11,14,16,23,26H,5,12-13,15H2,1-4H3,(H,25,29)/t23-/m0/s1. The number of nitrogens with zero attached hydrogens (tertiary/aromatic N) is 1. The number of sulfonamides is 1. The van der Waals surface area contributed by atoms with Gasteiger partial charge in [-0.25, -0.2) is 8.42 Å². The van der Waals surface area contributed by atoms with Crippen molar-refractivity contribution in [2.24, 2.45) is 5.92 Å². The Hall–Kier alpha value is -2.91. The molecule has 0 radical (unpaired) electrons. The first kappa shape index (κ1) is 24.7. The number of carbonyl (C=O) groups is 2. The zero-order chi connectivity index (χ0) is 24.2. The van der Waals surface area contributed by atoms with Crippen LogP contribution >= 0.6 is 0 Å². The summed E-state index contributed by atoms with van der Waals surface area (Å²) in [4.78, 5) is 26.7. The van der Waals surface area contributed by atoms with Crippen molar-refractivity contribution in [2.75, 3.05) is 18.6 Å². The van der Waals surface area contributed by atoms with Crippen molar-refractivity contribution in [1.82, 2.24) is 10.0 Å². The quantitative estimate of drug-likeness (QED) is 0.583. The number of hydrogen-bond acceptors (Lipinski definition) is 5. The zero-order valence-electron chi connectivity index (χ0n) is 19.4. The van der Waals surface area contributed by atoms with Gasteiger partial charge in [0.05, 0.1) is 12.0 Å². The molecule has 0 saturated heterocycles. The van der Waals surface area contributed by atoms with E-state index in [2.05, 4.69) is 10.0 Å². The monoisotopic (exact) mass is 473 g/mol. The smallest absolute Gasteiger partial charge is 0.241 e. The first-order valence-corrected chi connectivity index (χ1v) is 12.5. The van der Waals surface area contributed by atoms with Gasteiger partial charge in [-0.15, -0.1) is 0 Å². The Bertz CT molecular complexity index is 1110. The van der Waals surface area contributed by atoms with Crippen molar-refractivity contribution in [3.8, 4) is 5.75 Å². The van der Waals surface area contributed by atoms with E-state index in [1.807, 2.05) is 12.1 Å². The molecule has 0 spiro atoms. The van der Waals surface area contributed by atoms with E-state index < -0.39 is 22.0 Å². The molecule has 0 aliphatic carbocycles. The summed E-state index contributed by atoms with van der Waals surface area (Å²) in [5, 5.41) is 2.81. The lowest BCUT2D eigenvalue weighted by Gasteiger charge is -2.22. The summed E-state index contributed by atoms with van der Waals surface area (Å²) in [7, 11) is -2.36. The minimum absolute atomic E-state index is 0.0101. The Morgan fingerprint density at radius 3 is 2.42 bits per heavy atom. The Balaban J connectivity index is 1.71. The van der Waals surface area contributed by atoms with Gasteiger partial charge in [0.2, 0.25) is 21.8 Å². The van der Waals surface area contributed by atoms with E-state index in [0.717, 1.165) is 22.6 Å². The van der Waals surface area contributed by atoms with Gasteiger partial charge in [-0.05, 0) is 53.8 Å². The fourth-order valence-electron chi connectivity index (χ4n) is 3.77. The average Bonchev–Trinajstić information content (AvgIpc) is 3.24. The van der Waals surface area contributed by atoms with Crippen LogP contribution in [0.1, 0.15) is 38.3 Å². The van der Waals surface area contributed by atoms with E-state index in [1.165, 1.54) is 6.07 Å². The first-order chi connectivity index (χ1) is 15.7. The fraction of sp³-hybridized carbons (Fsp3) is 0.417. The Kier molecular flexibility index (Phi) is 7.76. The lowest BCUT2D eigenvalue weighted by atomic mass is 10.0. The van der Waals surface area contributed by atoms with Gasteiger partial charge in [0, 0.05) is 25.2 Å². The van der Waals surface area contributed by atoms with Crippen molar-refractivity contribution in [2.45, 2.75) is 51.1 Å². The number of rotatable bonds is 9. The number of nitrogens with one attached hydrogen (secondary N) is 2. The predicted molar refractivity (Wildman–Crippen MR) is 127 cm³/mol. The van der Waals surface area contributed by atoms with Crippen LogP contribution in [-0.2, 0) is 32.6 Å².